The average Bonchev–Trinajstić information content (AvgIpc) is 3.49. The maximum absolute atomic E-state index is 11.4. The molecule has 2 aromatic carbocycles. The summed E-state index contributed by atoms with van der Waals surface area (Å²) in [5, 5.41) is 19.7. The molecule has 7 heteroatoms. The molecule has 0 amide bonds. The summed E-state index contributed by atoms with van der Waals surface area (Å²) in [5.74, 6) is -0.333. The lowest BCUT2D eigenvalue weighted by Crippen LogP contribution is -2.16. The molecule has 3 aromatic rings. The lowest BCUT2D eigenvalue weighted by Gasteiger charge is -2.27. The molecule has 1 fully saturated rings. The van der Waals surface area contributed by atoms with Crippen LogP contribution in [0.2, 0.25) is 5.02 Å². The van der Waals surface area contributed by atoms with Gasteiger partial charge in [0.1, 0.15) is 5.75 Å². The molecule has 170 valence electrons. The molecule has 0 spiro atoms. The molecule has 5 rings (SSSR count). The number of carbonyl (C=O) groups is 1. The van der Waals surface area contributed by atoms with Gasteiger partial charge in [0, 0.05) is 5.41 Å². The minimum Gasteiger partial charge on any atom is -0.478 e. The number of hydrogen-bond acceptors (Lipinski definition) is 4. The van der Waals surface area contributed by atoms with Gasteiger partial charge in [-0.1, -0.05) is 42.3 Å². The highest BCUT2D eigenvalue weighted by atomic mass is 35.5. The lowest BCUT2D eigenvalue weighted by molar-refractivity contribution is 0.0695. The number of fused-ring (bicyclic) bond motifs is 1. The standard InChI is InChI=1S/C26H25ClN2O4/c1-14-3-5-17(10-19(14)24(31)32)33-25-28-22-11-20(21(27)12-23(22)29-25)18-6-4-16(9-15(18)2)26(13-30)7-8-26/h3-6,10-12,15,30H,7-9,13H2,1-2H3,(H,28,29)(H,31,32). The average molecular weight is 465 g/mol. The van der Waals surface area contributed by atoms with Crippen molar-refractivity contribution in [2.45, 2.75) is 33.1 Å². The first-order chi connectivity index (χ1) is 15.8. The number of aliphatic hydroxyl groups is 1. The van der Waals surface area contributed by atoms with Gasteiger partial charge >= 0.3 is 5.97 Å². The van der Waals surface area contributed by atoms with Crippen LogP contribution < -0.4 is 4.74 Å². The van der Waals surface area contributed by atoms with Crippen LogP contribution in [0.4, 0.5) is 0 Å². The van der Waals surface area contributed by atoms with E-state index in [9.17, 15) is 15.0 Å². The van der Waals surface area contributed by atoms with Gasteiger partial charge in [-0.2, -0.15) is 4.98 Å². The predicted octanol–water partition coefficient (Wildman–Crippen LogP) is 6.14. The number of aromatic amines is 1. The number of aliphatic hydroxyl groups excluding tert-OH is 1. The molecular formula is C26H25ClN2O4. The Labute approximate surface area is 196 Å². The lowest BCUT2D eigenvalue weighted by atomic mass is 9.79. The van der Waals surface area contributed by atoms with Crippen molar-refractivity contribution in [3.63, 3.8) is 0 Å². The monoisotopic (exact) mass is 464 g/mol. The predicted molar refractivity (Wildman–Crippen MR) is 128 cm³/mol. The number of aryl methyl sites for hydroxylation is 1. The van der Waals surface area contributed by atoms with Crippen molar-refractivity contribution < 1.29 is 19.7 Å². The second-order valence-corrected chi connectivity index (χ2v) is 9.54. The van der Waals surface area contributed by atoms with Gasteiger partial charge in [0.05, 0.1) is 28.2 Å². The maximum atomic E-state index is 11.4. The minimum absolute atomic E-state index is 0.00500. The van der Waals surface area contributed by atoms with E-state index in [1.807, 2.05) is 12.1 Å². The van der Waals surface area contributed by atoms with Gasteiger partial charge in [-0.15, -0.1) is 0 Å². The smallest absolute Gasteiger partial charge is 0.336 e. The molecule has 2 aliphatic rings. The second-order valence-electron chi connectivity index (χ2n) is 9.13. The molecule has 1 saturated carbocycles. The Kier molecular flexibility index (Phi) is 5.30. The van der Waals surface area contributed by atoms with Gasteiger partial charge in [0.15, 0.2) is 0 Å². The van der Waals surface area contributed by atoms with Crippen LogP contribution in [0.3, 0.4) is 0 Å². The maximum Gasteiger partial charge on any atom is 0.336 e. The molecular weight excluding hydrogens is 440 g/mol. The van der Waals surface area contributed by atoms with E-state index in [0.29, 0.717) is 21.9 Å². The summed E-state index contributed by atoms with van der Waals surface area (Å²) in [6.07, 6.45) is 7.30. The summed E-state index contributed by atoms with van der Waals surface area (Å²) < 4.78 is 5.81. The van der Waals surface area contributed by atoms with Gasteiger partial charge in [-0.05, 0) is 73.1 Å². The molecule has 0 bridgehead atoms. The fraction of sp³-hybridized carbons (Fsp3) is 0.308. The molecule has 0 aliphatic heterocycles. The zero-order chi connectivity index (χ0) is 23.3. The Bertz CT molecular complexity index is 1330. The van der Waals surface area contributed by atoms with Crippen molar-refractivity contribution in [2.75, 3.05) is 6.61 Å². The largest absolute Gasteiger partial charge is 0.478 e. The molecule has 3 N–H and O–H groups in total. The topological polar surface area (TPSA) is 95.4 Å². The first-order valence-electron chi connectivity index (χ1n) is 11.0. The zero-order valence-corrected chi connectivity index (χ0v) is 19.2. The van der Waals surface area contributed by atoms with E-state index < -0.39 is 5.97 Å². The third kappa shape index (κ3) is 3.94. The number of rotatable bonds is 6. The molecule has 33 heavy (non-hydrogen) atoms. The van der Waals surface area contributed by atoms with Crippen molar-refractivity contribution in [3.05, 3.63) is 69.8 Å². The van der Waals surface area contributed by atoms with Crippen LogP contribution in [0.1, 0.15) is 47.7 Å². The molecule has 0 saturated heterocycles. The van der Waals surface area contributed by atoms with Gasteiger partial charge in [0.25, 0.3) is 6.01 Å². The number of allylic oxidation sites excluding steroid dienone is 3. The Hall–Kier alpha value is -3.09. The van der Waals surface area contributed by atoms with E-state index in [-0.39, 0.29) is 29.5 Å². The van der Waals surface area contributed by atoms with Crippen LogP contribution in [0, 0.1) is 18.3 Å². The Morgan fingerprint density at radius 1 is 1.27 bits per heavy atom. The number of imidazole rings is 1. The van der Waals surface area contributed by atoms with Crippen molar-refractivity contribution >= 4 is 34.2 Å². The van der Waals surface area contributed by atoms with E-state index in [1.54, 1.807) is 19.1 Å². The number of aromatic nitrogens is 2. The third-order valence-electron chi connectivity index (χ3n) is 6.87. The first-order valence-corrected chi connectivity index (χ1v) is 11.4. The molecule has 1 aromatic heterocycles. The second kappa shape index (κ2) is 8.04. The van der Waals surface area contributed by atoms with Gasteiger partial charge in [-0.25, -0.2) is 4.79 Å². The van der Waals surface area contributed by atoms with Gasteiger partial charge in [-0.3, -0.25) is 0 Å². The number of carboxylic acids is 1. The number of carboxylic acid groups (broad SMARTS) is 1. The number of aromatic carboxylic acids is 1. The van der Waals surface area contributed by atoms with Crippen LogP contribution in [-0.4, -0.2) is 32.8 Å². The number of benzene rings is 2. The number of halogens is 1. The van der Waals surface area contributed by atoms with Gasteiger partial charge in [0.2, 0.25) is 0 Å². The van der Waals surface area contributed by atoms with E-state index in [2.05, 4.69) is 29.0 Å². The van der Waals surface area contributed by atoms with Crippen LogP contribution in [0.25, 0.3) is 16.6 Å². The van der Waals surface area contributed by atoms with E-state index in [1.165, 1.54) is 11.6 Å². The number of hydrogen-bond donors (Lipinski definition) is 3. The zero-order valence-electron chi connectivity index (χ0n) is 18.5. The SMILES string of the molecule is Cc1ccc(Oc2nc3cc(C4=CC=C(C5(CO)CC5)CC4C)c(Cl)cc3[nH]2)cc1C(=O)O. The first kappa shape index (κ1) is 21.7. The number of nitrogens with one attached hydrogen (secondary N) is 1. The van der Waals surface area contributed by atoms with Crippen LogP contribution in [0.5, 0.6) is 11.8 Å². The summed E-state index contributed by atoms with van der Waals surface area (Å²) in [7, 11) is 0. The Balaban J connectivity index is 1.45. The molecule has 1 heterocycles. The van der Waals surface area contributed by atoms with Crippen molar-refractivity contribution in [1.29, 1.82) is 0 Å². The number of nitrogens with zero attached hydrogens (tertiary/aromatic N) is 1. The van der Waals surface area contributed by atoms with Crippen molar-refractivity contribution in [3.8, 4) is 11.8 Å². The van der Waals surface area contributed by atoms with E-state index >= 15 is 0 Å². The van der Waals surface area contributed by atoms with E-state index in [0.717, 1.165) is 35.9 Å². The fourth-order valence-corrected chi connectivity index (χ4v) is 4.90. The molecule has 1 atom stereocenters. The highest BCUT2D eigenvalue weighted by Gasteiger charge is 2.46. The summed E-state index contributed by atoms with van der Waals surface area (Å²) >= 11 is 6.65. The van der Waals surface area contributed by atoms with E-state index in [4.69, 9.17) is 16.3 Å². The normalized spacial score (nSPS) is 19.2. The molecule has 0 radical (unpaired) electrons. The third-order valence-corrected chi connectivity index (χ3v) is 7.19. The number of ether oxygens (including phenoxy) is 1. The van der Waals surface area contributed by atoms with Crippen LogP contribution in [0.15, 0.2) is 48.1 Å². The molecule has 6 nitrogen and oxygen atoms in total. The summed E-state index contributed by atoms with van der Waals surface area (Å²) in [4.78, 5) is 19.1. The fourth-order valence-electron chi connectivity index (χ4n) is 4.63. The van der Waals surface area contributed by atoms with Gasteiger partial charge < -0.3 is 19.9 Å². The summed E-state index contributed by atoms with van der Waals surface area (Å²) in [5.41, 5.74) is 5.70. The summed E-state index contributed by atoms with van der Waals surface area (Å²) in [6, 6.07) is 8.97. The molecule has 2 aliphatic carbocycles. The molecule has 1 unspecified atom stereocenters. The van der Waals surface area contributed by atoms with Crippen molar-refractivity contribution in [1.82, 2.24) is 9.97 Å². The minimum atomic E-state index is -1.00. The highest BCUT2D eigenvalue weighted by molar-refractivity contribution is 6.33. The number of H-pyrrole nitrogens is 1. The Morgan fingerprint density at radius 2 is 2.06 bits per heavy atom. The van der Waals surface area contributed by atoms with Crippen LogP contribution in [-0.2, 0) is 0 Å². The highest BCUT2D eigenvalue weighted by Crippen LogP contribution is 2.55. The quantitative estimate of drug-likeness (QED) is 0.407. The summed E-state index contributed by atoms with van der Waals surface area (Å²) in [6.45, 7) is 4.14. The Morgan fingerprint density at radius 3 is 2.73 bits per heavy atom. The van der Waals surface area contributed by atoms with Crippen LogP contribution >= 0.6 is 11.6 Å². The van der Waals surface area contributed by atoms with Crippen molar-refractivity contribution in [2.24, 2.45) is 11.3 Å².